The van der Waals surface area contributed by atoms with E-state index in [0.29, 0.717) is 34.6 Å². The third kappa shape index (κ3) is 6.41. The molecule has 4 rings (SSSR count). The van der Waals surface area contributed by atoms with Crippen LogP contribution >= 0.6 is 0 Å². The lowest BCUT2D eigenvalue weighted by molar-refractivity contribution is -0.118. The van der Waals surface area contributed by atoms with Crippen LogP contribution in [-0.4, -0.2) is 34.6 Å². The molecule has 2 aromatic carbocycles. The van der Waals surface area contributed by atoms with E-state index in [9.17, 15) is 4.79 Å². The van der Waals surface area contributed by atoms with Gasteiger partial charge >= 0.3 is 0 Å². The van der Waals surface area contributed by atoms with Gasteiger partial charge in [0.05, 0.1) is 7.11 Å². The summed E-state index contributed by atoms with van der Waals surface area (Å²) >= 11 is 0. The van der Waals surface area contributed by atoms with Gasteiger partial charge in [-0.1, -0.05) is 12.1 Å². The van der Waals surface area contributed by atoms with Crippen LogP contribution in [0.1, 0.15) is 0 Å². The molecule has 9 nitrogen and oxygen atoms in total. The van der Waals surface area contributed by atoms with Crippen molar-refractivity contribution in [2.24, 2.45) is 0 Å². The second-order valence-corrected chi connectivity index (χ2v) is 6.85. The molecule has 3 N–H and O–H groups in total. The predicted octanol–water partition coefficient (Wildman–Crippen LogP) is 4.38. The molecular weight excluding hydrogens is 420 g/mol. The van der Waals surface area contributed by atoms with Gasteiger partial charge in [-0.25, -0.2) is 15.0 Å². The number of carbonyl (C=O) groups is 1. The lowest BCUT2D eigenvalue weighted by atomic mass is 10.2. The van der Waals surface area contributed by atoms with Crippen LogP contribution in [0.4, 0.5) is 28.8 Å². The zero-order chi connectivity index (χ0) is 22.9. The molecule has 33 heavy (non-hydrogen) atoms. The highest BCUT2D eigenvalue weighted by Crippen LogP contribution is 2.21. The van der Waals surface area contributed by atoms with Crippen LogP contribution in [0.25, 0.3) is 0 Å². The van der Waals surface area contributed by atoms with E-state index in [-0.39, 0.29) is 12.5 Å². The van der Waals surface area contributed by atoms with Crippen LogP contribution in [0.15, 0.2) is 85.3 Å². The molecule has 0 fully saturated rings. The van der Waals surface area contributed by atoms with Gasteiger partial charge in [0, 0.05) is 29.7 Å². The van der Waals surface area contributed by atoms with Gasteiger partial charge in [0.15, 0.2) is 6.61 Å². The number of ether oxygens (including phenoxy) is 2. The summed E-state index contributed by atoms with van der Waals surface area (Å²) in [5.41, 5.74) is 1.46. The minimum Gasteiger partial charge on any atom is -0.497 e. The van der Waals surface area contributed by atoms with E-state index in [2.05, 4.69) is 30.9 Å². The van der Waals surface area contributed by atoms with E-state index >= 15 is 0 Å². The molecule has 0 atom stereocenters. The first-order valence-electron chi connectivity index (χ1n) is 10.1. The highest BCUT2D eigenvalue weighted by molar-refractivity contribution is 5.92. The SMILES string of the molecule is COc1cccc(OCC(=O)Nc2ccc(Nc3cc(Nc4ccccn4)ncn3)cc2)c1. The Hall–Kier alpha value is -4.66. The van der Waals surface area contributed by atoms with Crippen molar-refractivity contribution in [1.29, 1.82) is 0 Å². The van der Waals surface area contributed by atoms with Crippen molar-refractivity contribution >= 4 is 34.7 Å². The third-order valence-electron chi connectivity index (χ3n) is 4.44. The number of nitrogens with zero attached hydrogens (tertiary/aromatic N) is 3. The van der Waals surface area contributed by atoms with E-state index in [1.165, 1.54) is 6.33 Å². The third-order valence-corrected chi connectivity index (χ3v) is 4.44. The number of hydrogen-bond acceptors (Lipinski definition) is 8. The van der Waals surface area contributed by atoms with Crippen molar-refractivity contribution in [3.63, 3.8) is 0 Å². The van der Waals surface area contributed by atoms with Crippen molar-refractivity contribution in [3.8, 4) is 11.5 Å². The summed E-state index contributed by atoms with van der Waals surface area (Å²) in [5, 5.41) is 9.13. The number of pyridine rings is 1. The fourth-order valence-corrected chi connectivity index (χ4v) is 2.88. The Kier molecular flexibility index (Phi) is 6.92. The molecule has 2 aromatic heterocycles. The molecule has 4 aromatic rings. The van der Waals surface area contributed by atoms with Gasteiger partial charge in [-0.3, -0.25) is 4.79 Å². The summed E-state index contributed by atoms with van der Waals surface area (Å²) < 4.78 is 10.7. The van der Waals surface area contributed by atoms with E-state index in [1.807, 2.05) is 36.4 Å². The summed E-state index contributed by atoms with van der Waals surface area (Å²) in [6.45, 7) is -0.111. The number of methoxy groups -OCH3 is 1. The molecule has 0 aliphatic heterocycles. The normalized spacial score (nSPS) is 10.2. The maximum Gasteiger partial charge on any atom is 0.262 e. The Labute approximate surface area is 190 Å². The summed E-state index contributed by atoms with van der Waals surface area (Å²) in [6.07, 6.45) is 3.17. The summed E-state index contributed by atoms with van der Waals surface area (Å²) in [6, 6.07) is 21.7. The molecule has 0 saturated heterocycles. The largest absolute Gasteiger partial charge is 0.497 e. The molecule has 166 valence electrons. The molecule has 1 amide bonds. The summed E-state index contributed by atoms with van der Waals surface area (Å²) in [7, 11) is 1.58. The second-order valence-electron chi connectivity index (χ2n) is 6.85. The highest BCUT2D eigenvalue weighted by atomic mass is 16.5. The standard InChI is InChI=1S/C24H22N6O3/c1-32-19-5-4-6-20(13-19)33-15-24(31)29-18-10-8-17(9-11-18)28-22-14-23(27-16-26-22)30-21-7-2-3-12-25-21/h2-14,16H,15H2,1H3,(H,29,31)(H2,25,26,27,28,30). The first-order chi connectivity index (χ1) is 16.2. The Morgan fingerprint density at radius 1 is 0.788 bits per heavy atom. The number of benzene rings is 2. The molecule has 0 saturated carbocycles. The van der Waals surface area contributed by atoms with Gasteiger partial charge in [-0.2, -0.15) is 0 Å². The fraction of sp³-hybridized carbons (Fsp3) is 0.0833. The van der Waals surface area contributed by atoms with Crippen molar-refractivity contribution in [2.75, 3.05) is 29.7 Å². The topological polar surface area (TPSA) is 110 Å². The van der Waals surface area contributed by atoms with Gasteiger partial charge in [0.2, 0.25) is 0 Å². The predicted molar refractivity (Wildman–Crippen MR) is 126 cm³/mol. The Bertz CT molecular complexity index is 1200. The van der Waals surface area contributed by atoms with Gasteiger partial charge in [0.1, 0.15) is 35.3 Å². The Morgan fingerprint density at radius 2 is 1.55 bits per heavy atom. The molecule has 0 radical (unpaired) electrons. The number of amides is 1. The number of carbonyl (C=O) groups excluding carboxylic acids is 1. The smallest absolute Gasteiger partial charge is 0.262 e. The van der Waals surface area contributed by atoms with Crippen molar-refractivity contribution in [2.45, 2.75) is 0 Å². The number of anilines is 5. The second kappa shape index (κ2) is 10.6. The highest BCUT2D eigenvalue weighted by Gasteiger charge is 2.06. The molecule has 0 aliphatic carbocycles. The van der Waals surface area contributed by atoms with E-state index in [1.54, 1.807) is 49.7 Å². The van der Waals surface area contributed by atoms with Crippen molar-refractivity contribution in [3.05, 3.63) is 85.3 Å². The Morgan fingerprint density at radius 3 is 2.30 bits per heavy atom. The average molecular weight is 442 g/mol. The average Bonchev–Trinajstić information content (AvgIpc) is 2.85. The van der Waals surface area contributed by atoms with Crippen LogP contribution in [-0.2, 0) is 4.79 Å². The van der Waals surface area contributed by atoms with Gasteiger partial charge in [-0.05, 0) is 48.5 Å². The van der Waals surface area contributed by atoms with E-state index in [0.717, 1.165) is 5.69 Å². The zero-order valence-electron chi connectivity index (χ0n) is 17.9. The molecule has 0 aliphatic rings. The Balaban J connectivity index is 1.30. The molecule has 9 heteroatoms. The molecule has 2 heterocycles. The van der Waals surface area contributed by atoms with Gasteiger partial charge in [-0.15, -0.1) is 0 Å². The number of aromatic nitrogens is 3. The van der Waals surface area contributed by atoms with Gasteiger partial charge in [0.25, 0.3) is 5.91 Å². The summed E-state index contributed by atoms with van der Waals surface area (Å²) in [5.74, 6) is 2.89. The van der Waals surface area contributed by atoms with E-state index < -0.39 is 0 Å². The lowest BCUT2D eigenvalue weighted by Crippen LogP contribution is -2.20. The molecule has 0 unspecified atom stereocenters. The summed E-state index contributed by atoms with van der Waals surface area (Å²) in [4.78, 5) is 24.8. The molecular formula is C24H22N6O3. The van der Waals surface area contributed by atoms with Crippen LogP contribution in [0, 0.1) is 0 Å². The lowest BCUT2D eigenvalue weighted by Gasteiger charge is -2.10. The monoisotopic (exact) mass is 442 g/mol. The minimum absolute atomic E-state index is 0.111. The van der Waals surface area contributed by atoms with Crippen LogP contribution in [0.2, 0.25) is 0 Å². The number of rotatable bonds is 9. The zero-order valence-corrected chi connectivity index (χ0v) is 17.9. The fourth-order valence-electron chi connectivity index (χ4n) is 2.88. The van der Waals surface area contributed by atoms with Crippen LogP contribution in [0.3, 0.4) is 0 Å². The maximum atomic E-state index is 12.2. The number of nitrogens with one attached hydrogen (secondary N) is 3. The molecule has 0 bridgehead atoms. The minimum atomic E-state index is -0.264. The van der Waals surface area contributed by atoms with Crippen LogP contribution < -0.4 is 25.4 Å². The molecule has 0 spiro atoms. The van der Waals surface area contributed by atoms with Crippen molar-refractivity contribution in [1.82, 2.24) is 15.0 Å². The number of hydrogen-bond donors (Lipinski definition) is 3. The van der Waals surface area contributed by atoms with Crippen LogP contribution in [0.5, 0.6) is 11.5 Å². The first-order valence-corrected chi connectivity index (χ1v) is 10.1. The van der Waals surface area contributed by atoms with Crippen molar-refractivity contribution < 1.29 is 14.3 Å². The van der Waals surface area contributed by atoms with E-state index in [4.69, 9.17) is 9.47 Å². The maximum absolute atomic E-state index is 12.2. The first kappa shape index (κ1) is 21.6. The quantitative estimate of drug-likeness (QED) is 0.350. The van der Waals surface area contributed by atoms with Gasteiger partial charge < -0.3 is 25.4 Å².